The number of fused-ring (bicyclic) bond motifs is 1. The second-order valence-electron chi connectivity index (χ2n) is 7.04. The summed E-state index contributed by atoms with van der Waals surface area (Å²) in [5.74, 6) is 2.55. The number of amides is 1. The molecule has 1 aromatic carbocycles. The van der Waals surface area contributed by atoms with E-state index in [9.17, 15) is 4.79 Å². The van der Waals surface area contributed by atoms with Crippen molar-refractivity contribution in [1.82, 2.24) is 15.5 Å². The highest BCUT2D eigenvalue weighted by molar-refractivity contribution is 14.0. The van der Waals surface area contributed by atoms with E-state index in [1.807, 2.05) is 18.2 Å². The van der Waals surface area contributed by atoms with Crippen LogP contribution in [-0.2, 0) is 11.2 Å². The molecule has 0 spiro atoms. The standard InChI is InChI=1S/C21H30N4O2.HI/c1-3-23-21(25-12-9-16(10-13-25)14-20(26)22-2)24-11-8-18-15-17-6-4-5-7-19(17)27-18;/h4-7,15-16H,3,8-14H2,1-2H3,(H,22,26)(H,23,24);1H. The van der Waals surface area contributed by atoms with Gasteiger partial charge in [0, 0.05) is 51.5 Å². The number of aliphatic imine (C=N–C) groups is 1. The van der Waals surface area contributed by atoms with Crippen LogP contribution in [0.3, 0.4) is 0 Å². The van der Waals surface area contributed by atoms with Crippen LogP contribution in [-0.4, -0.2) is 50.0 Å². The number of hydrogen-bond donors (Lipinski definition) is 2. The minimum atomic E-state index is 0. The zero-order chi connectivity index (χ0) is 19.1. The van der Waals surface area contributed by atoms with E-state index in [-0.39, 0.29) is 29.9 Å². The Morgan fingerprint density at radius 1 is 1.29 bits per heavy atom. The number of carbonyl (C=O) groups is 1. The van der Waals surface area contributed by atoms with Crippen molar-refractivity contribution in [1.29, 1.82) is 0 Å². The monoisotopic (exact) mass is 498 g/mol. The highest BCUT2D eigenvalue weighted by atomic mass is 127. The molecule has 28 heavy (non-hydrogen) atoms. The molecule has 0 saturated carbocycles. The van der Waals surface area contributed by atoms with E-state index >= 15 is 0 Å². The Hall–Kier alpha value is -1.77. The van der Waals surface area contributed by atoms with Gasteiger partial charge in [-0.05, 0) is 37.8 Å². The number of piperidine rings is 1. The van der Waals surface area contributed by atoms with E-state index in [1.165, 1.54) is 0 Å². The number of guanidine groups is 1. The molecule has 0 radical (unpaired) electrons. The van der Waals surface area contributed by atoms with E-state index in [1.54, 1.807) is 7.05 Å². The smallest absolute Gasteiger partial charge is 0.220 e. The number of benzene rings is 1. The maximum Gasteiger partial charge on any atom is 0.220 e. The number of carbonyl (C=O) groups excluding carboxylic acids is 1. The maximum atomic E-state index is 11.6. The Morgan fingerprint density at radius 2 is 2.04 bits per heavy atom. The van der Waals surface area contributed by atoms with Crippen molar-refractivity contribution < 1.29 is 9.21 Å². The van der Waals surface area contributed by atoms with Crippen molar-refractivity contribution in [3.05, 3.63) is 36.1 Å². The molecular weight excluding hydrogens is 467 g/mol. The molecule has 2 N–H and O–H groups in total. The fraction of sp³-hybridized carbons (Fsp3) is 0.524. The van der Waals surface area contributed by atoms with Gasteiger partial charge in [-0.2, -0.15) is 0 Å². The van der Waals surface area contributed by atoms with Crippen molar-refractivity contribution in [2.75, 3.05) is 33.2 Å². The van der Waals surface area contributed by atoms with Crippen LogP contribution in [0.1, 0.15) is 31.9 Å². The number of rotatable bonds is 6. The lowest BCUT2D eigenvalue weighted by Gasteiger charge is -2.34. The SMILES string of the molecule is CCNC(=NCCc1cc2ccccc2o1)N1CCC(CC(=O)NC)CC1.I. The van der Waals surface area contributed by atoms with Gasteiger partial charge < -0.3 is 20.0 Å². The lowest BCUT2D eigenvalue weighted by molar-refractivity contribution is -0.121. The summed E-state index contributed by atoms with van der Waals surface area (Å²) < 4.78 is 5.88. The van der Waals surface area contributed by atoms with Gasteiger partial charge >= 0.3 is 0 Å². The normalized spacial score (nSPS) is 15.4. The predicted octanol–water partition coefficient (Wildman–Crippen LogP) is 3.41. The summed E-state index contributed by atoms with van der Waals surface area (Å²) in [7, 11) is 1.70. The fourth-order valence-corrected chi connectivity index (χ4v) is 3.57. The number of nitrogens with one attached hydrogen (secondary N) is 2. The number of likely N-dealkylation sites (tertiary alicyclic amines) is 1. The molecule has 0 unspecified atom stereocenters. The molecule has 154 valence electrons. The zero-order valence-corrected chi connectivity index (χ0v) is 19.1. The van der Waals surface area contributed by atoms with Crippen molar-refractivity contribution in [2.24, 2.45) is 10.9 Å². The predicted molar refractivity (Wildman–Crippen MR) is 124 cm³/mol. The molecule has 6 nitrogen and oxygen atoms in total. The van der Waals surface area contributed by atoms with Crippen LogP contribution in [0.25, 0.3) is 11.0 Å². The summed E-state index contributed by atoms with van der Waals surface area (Å²) in [4.78, 5) is 18.7. The lowest BCUT2D eigenvalue weighted by atomic mass is 9.93. The van der Waals surface area contributed by atoms with Crippen LogP contribution >= 0.6 is 24.0 Å². The molecule has 2 aromatic rings. The Labute approximate surface area is 184 Å². The van der Waals surface area contributed by atoms with Gasteiger partial charge in [-0.1, -0.05) is 18.2 Å². The summed E-state index contributed by atoms with van der Waals surface area (Å²) in [6, 6.07) is 10.2. The lowest BCUT2D eigenvalue weighted by Crippen LogP contribution is -2.46. The van der Waals surface area contributed by atoms with Gasteiger partial charge in [-0.15, -0.1) is 24.0 Å². The Kier molecular flexibility index (Phi) is 9.08. The van der Waals surface area contributed by atoms with Crippen LogP contribution < -0.4 is 10.6 Å². The van der Waals surface area contributed by atoms with Crippen molar-refractivity contribution >= 4 is 46.8 Å². The van der Waals surface area contributed by atoms with Gasteiger partial charge in [-0.3, -0.25) is 9.79 Å². The maximum absolute atomic E-state index is 11.6. The third-order valence-corrected chi connectivity index (χ3v) is 5.10. The third-order valence-electron chi connectivity index (χ3n) is 5.10. The highest BCUT2D eigenvalue weighted by Crippen LogP contribution is 2.21. The molecule has 3 rings (SSSR count). The zero-order valence-electron chi connectivity index (χ0n) is 16.7. The number of halogens is 1. The molecule has 1 amide bonds. The topological polar surface area (TPSA) is 69.9 Å². The summed E-state index contributed by atoms with van der Waals surface area (Å²) in [6.07, 6.45) is 3.48. The number of para-hydroxylation sites is 1. The van der Waals surface area contributed by atoms with Crippen LogP contribution in [0, 0.1) is 5.92 Å². The third kappa shape index (κ3) is 6.12. The quantitative estimate of drug-likeness (QED) is 0.364. The largest absolute Gasteiger partial charge is 0.461 e. The molecule has 1 aromatic heterocycles. The van der Waals surface area contributed by atoms with Gasteiger partial charge in [0.15, 0.2) is 5.96 Å². The van der Waals surface area contributed by atoms with E-state index in [0.29, 0.717) is 18.9 Å². The highest BCUT2D eigenvalue weighted by Gasteiger charge is 2.23. The van der Waals surface area contributed by atoms with Crippen molar-refractivity contribution in [3.8, 4) is 0 Å². The van der Waals surface area contributed by atoms with Crippen LogP contribution in [0.15, 0.2) is 39.7 Å². The number of nitrogens with zero attached hydrogens (tertiary/aromatic N) is 2. The molecule has 7 heteroatoms. The Morgan fingerprint density at radius 3 is 2.71 bits per heavy atom. The van der Waals surface area contributed by atoms with Gasteiger partial charge in [0.2, 0.25) is 5.91 Å². The van der Waals surface area contributed by atoms with Crippen LogP contribution in [0.4, 0.5) is 0 Å². The first-order chi connectivity index (χ1) is 13.2. The van der Waals surface area contributed by atoms with Crippen LogP contribution in [0.2, 0.25) is 0 Å². The molecule has 1 aliphatic rings. The molecule has 0 atom stereocenters. The summed E-state index contributed by atoms with van der Waals surface area (Å²) >= 11 is 0. The first-order valence-electron chi connectivity index (χ1n) is 9.91. The molecule has 0 bridgehead atoms. The first kappa shape index (κ1) is 22.5. The molecule has 1 fully saturated rings. The summed E-state index contributed by atoms with van der Waals surface area (Å²) in [6.45, 7) is 5.52. The summed E-state index contributed by atoms with van der Waals surface area (Å²) in [5.41, 5.74) is 0.932. The molecule has 1 saturated heterocycles. The Balaban J connectivity index is 0.00000280. The molecular formula is C21H31IN4O2. The van der Waals surface area contributed by atoms with Crippen molar-refractivity contribution in [3.63, 3.8) is 0 Å². The first-order valence-corrected chi connectivity index (χ1v) is 9.91. The van der Waals surface area contributed by atoms with Gasteiger partial charge in [0.25, 0.3) is 0 Å². The second kappa shape index (κ2) is 11.3. The van der Waals surface area contributed by atoms with E-state index in [4.69, 9.17) is 9.41 Å². The average molecular weight is 498 g/mol. The van der Waals surface area contributed by atoms with Crippen molar-refractivity contribution in [2.45, 2.75) is 32.6 Å². The minimum Gasteiger partial charge on any atom is -0.461 e. The van der Waals surface area contributed by atoms with Crippen LogP contribution in [0.5, 0.6) is 0 Å². The number of hydrogen-bond acceptors (Lipinski definition) is 3. The Bertz CT molecular complexity index is 749. The molecule has 1 aliphatic heterocycles. The van der Waals surface area contributed by atoms with E-state index < -0.39 is 0 Å². The summed E-state index contributed by atoms with van der Waals surface area (Å²) in [5, 5.41) is 7.26. The van der Waals surface area contributed by atoms with Gasteiger partial charge in [-0.25, -0.2) is 0 Å². The van der Waals surface area contributed by atoms with Gasteiger partial charge in [0.05, 0.1) is 0 Å². The van der Waals surface area contributed by atoms with E-state index in [2.05, 4.69) is 34.6 Å². The second-order valence-corrected chi connectivity index (χ2v) is 7.04. The minimum absolute atomic E-state index is 0. The molecule has 2 heterocycles. The molecule has 0 aliphatic carbocycles. The average Bonchev–Trinajstić information content (AvgIpc) is 3.10. The van der Waals surface area contributed by atoms with E-state index in [0.717, 1.165) is 61.6 Å². The fourth-order valence-electron chi connectivity index (χ4n) is 3.57. The van der Waals surface area contributed by atoms with Gasteiger partial charge in [0.1, 0.15) is 11.3 Å². The number of furan rings is 1.